The Morgan fingerprint density at radius 1 is 0.711 bits per heavy atom. The second kappa shape index (κ2) is 14.0. The molecule has 0 amide bonds. The molecular weight excluding hydrogens is 472 g/mol. The van der Waals surface area contributed by atoms with Gasteiger partial charge in [-0.05, 0) is 55.5 Å². The molecule has 3 aromatic rings. The first kappa shape index (κ1) is 27.0. The highest BCUT2D eigenvalue weighted by Gasteiger charge is 2.44. The van der Waals surface area contributed by atoms with Gasteiger partial charge in [0, 0.05) is 19.1 Å². The lowest BCUT2D eigenvalue weighted by Crippen LogP contribution is -2.63. The van der Waals surface area contributed by atoms with Crippen molar-refractivity contribution in [3.8, 4) is 0 Å². The molecule has 0 unspecified atom stereocenters. The van der Waals surface area contributed by atoms with Gasteiger partial charge in [-0.15, -0.1) is 0 Å². The summed E-state index contributed by atoms with van der Waals surface area (Å²) in [5, 5.41) is 3.59. The van der Waals surface area contributed by atoms with Gasteiger partial charge in [-0.3, -0.25) is 4.90 Å². The van der Waals surface area contributed by atoms with Crippen molar-refractivity contribution >= 4 is 0 Å². The lowest BCUT2D eigenvalue weighted by atomic mass is 9.91. The second-order valence-corrected chi connectivity index (χ2v) is 10.8. The highest BCUT2D eigenvalue weighted by molar-refractivity contribution is 5.16. The van der Waals surface area contributed by atoms with E-state index in [9.17, 15) is 0 Å². The SMILES string of the molecule is C[C@@H]1[C@@H](OCc2ccccc2)[C@H](OCc2ccccc2)[C@@H](OCc2ccccc2)CN1C[C@@H]1CCCNC1. The lowest BCUT2D eigenvalue weighted by Gasteiger charge is -2.48. The van der Waals surface area contributed by atoms with Crippen LogP contribution in [0.15, 0.2) is 91.0 Å². The van der Waals surface area contributed by atoms with Crippen molar-refractivity contribution in [2.24, 2.45) is 5.92 Å². The number of nitrogens with one attached hydrogen (secondary N) is 1. The van der Waals surface area contributed by atoms with Crippen LogP contribution in [-0.4, -0.2) is 55.4 Å². The first-order chi connectivity index (χ1) is 18.8. The Labute approximate surface area is 228 Å². The summed E-state index contributed by atoms with van der Waals surface area (Å²) in [5.41, 5.74) is 3.52. The number of hydrogen-bond acceptors (Lipinski definition) is 5. The largest absolute Gasteiger partial charge is 0.369 e. The molecule has 2 heterocycles. The van der Waals surface area contributed by atoms with Gasteiger partial charge in [0.05, 0.1) is 25.9 Å². The predicted molar refractivity (Wildman–Crippen MR) is 152 cm³/mol. The maximum absolute atomic E-state index is 6.72. The van der Waals surface area contributed by atoms with E-state index >= 15 is 0 Å². The summed E-state index contributed by atoms with van der Waals surface area (Å²) in [5.74, 6) is 0.650. The van der Waals surface area contributed by atoms with E-state index < -0.39 is 0 Å². The maximum Gasteiger partial charge on any atom is 0.113 e. The molecule has 0 saturated carbocycles. The number of rotatable bonds is 11. The third-order valence-corrected chi connectivity index (χ3v) is 7.93. The van der Waals surface area contributed by atoms with E-state index in [2.05, 4.69) is 89.9 Å². The van der Waals surface area contributed by atoms with E-state index in [-0.39, 0.29) is 24.4 Å². The van der Waals surface area contributed by atoms with Crippen molar-refractivity contribution in [1.82, 2.24) is 10.2 Å². The van der Waals surface area contributed by atoms with Crippen LogP contribution in [0.5, 0.6) is 0 Å². The molecule has 5 rings (SSSR count). The van der Waals surface area contributed by atoms with Gasteiger partial charge in [-0.1, -0.05) is 91.0 Å². The number of piperidine rings is 2. The van der Waals surface area contributed by atoms with E-state index in [0.29, 0.717) is 25.7 Å². The van der Waals surface area contributed by atoms with Crippen molar-refractivity contribution in [1.29, 1.82) is 0 Å². The Kier molecular flexibility index (Phi) is 9.98. The van der Waals surface area contributed by atoms with Crippen molar-refractivity contribution < 1.29 is 14.2 Å². The normalized spacial score (nSPS) is 26.3. The molecule has 0 aromatic heterocycles. The summed E-state index contributed by atoms with van der Waals surface area (Å²) < 4.78 is 20.1. The van der Waals surface area contributed by atoms with Crippen molar-refractivity contribution in [2.75, 3.05) is 26.2 Å². The number of ether oxygens (including phenoxy) is 3. The Morgan fingerprint density at radius 3 is 1.76 bits per heavy atom. The summed E-state index contributed by atoms with van der Waals surface area (Å²) in [6.45, 7) is 8.08. The molecule has 2 fully saturated rings. The van der Waals surface area contributed by atoms with Gasteiger partial charge < -0.3 is 19.5 Å². The van der Waals surface area contributed by atoms with Crippen LogP contribution in [-0.2, 0) is 34.0 Å². The maximum atomic E-state index is 6.72. The molecule has 2 aliphatic rings. The minimum Gasteiger partial charge on any atom is -0.369 e. The fraction of sp³-hybridized carbons (Fsp3) is 0.455. The van der Waals surface area contributed by atoms with E-state index in [1.54, 1.807) is 0 Å². The predicted octanol–water partition coefficient (Wildman–Crippen LogP) is 5.45. The quantitative estimate of drug-likeness (QED) is 0.369. The van der Waals surface area contributed by atoms with Crippen LogP contribution in [0.1, 0.15) is 36.5 Å². The van der Waals surface area contributed by atoms with Gasteiger partial charge >= 0.3 is 0 Å². The van der Waals surface area contributed by atoms with Crippen LogP contribution < -0.4 is 5.32 Å². The Balaban J connectivity index is 1.36. The molecule has 2 aliphatic heterocycles. The van der Waals surface area contributed by atoms with Gasteiger partial charge in [0.25, 0.3) is 0 Å². The van der Waals surface area contributed by atoms with Gasteiger partial charge in [0.1, 0.15) is 12.2 Å². The molecule has 0 aliphatic carbocycles. The average Bonchev–Trinajstić information content (AvgIpc) is 2.98. The third kappa shape index (κ3) is 7.52. The molecule has 5 atom stereocenters. The third-order valence-electron chi connectivity index (χ3n) is 7.93. The van der Waals surface area contributed by atoms with Crippen LogP contribution >= 0.6 is 0 Å². The van der Waals surface area contributed by atoms with Gasteiger partial charge in [0.2, 0.25) is 0 Å². The topological polar surface area (TPSA) is 43.0 Å². The molecule has 3 aromatic carbocycles. The molecule has 0 bridgehead atoms. The Bertz CT molecular complexity index is 1060. The highest BCUT2D eigenvalue weighted by atomic mass is 16.6. The van der Waals surface area contributed by atoms with E-state index in [4.69, 9.17) is 14.2 Å². The minimum atomic E-state index is -0.168. The van der Waals surface area contributed by atoms with Crippen LogP contribution in [0.4, 0.5) is 0 Å². The van der Waals surface area contributed by atoms with Crippen LogP contribution in [0.25, 0.3) is 0 Å². The molecule has 38 heavy (non-hydrogen) atoms. The monoisotopic (exact) mass is 514 g/mol. The van der Waals surface area contributed by atoms with Crippen molar-refractivity contribution in [3.63, 3.8) is 0 Å². The van der Waals surface area contributed by atoms with Crippen molar-refractivity contribution in [3.05, 3.63) is 108 Å². The molecule has 0 spiro atoms. The zero-order chi connectivity index (χ0) is 26.0. The summed E-state index contributed by atoms with van der Waals surface area (Å²) in [6.07, 6.45) is 2.16. The zero-order valence-corrected chi connectivity index (χ0v) is 22.6. The number of hydrogen-bond donors (Lipinski definition) is 1. The molecule has 202 valence electrons. The van der Waals surface area contributed by atoms with Crippen LogP contribution in [0, 0.1) is 5.92 Å². The lowest BCUT2D eigenvalue weighted by molar-refractivity contribution is -0.202. The number of benzene rings is 3. The fourth-order valence-electron chi connectivity index (χ4n) is 5.74. The Hall–Kier alpha value is -2.54. The summed E-state index contributed by atoms with van der Waals surface area (Å²) >= 11 is 0. The van der Waals surface area contributed by atoms with Gasteiger partial charge in [-0.25, -0.2) is 0 Å². The van der Waals surface area contributed by atoms with Gasteiger partial charge in [0.15, 0.2) is 0 Å². The first-order valence-electron chi connectivity index (χ1n) is 14.2. The zero-order valence-electron chi connectivity index (χ0n) is 22.6. The summed E-state index contributed by atoms with van der Waals surface area (Å²) in [6, 6.07) is 31.5. The van der Waals surface area contributed by atoms with Crippen LogP contribution in [0.3, 0.4) is 0 Å². The first-order valence-corrected chi connectivity index (χ1v) is 14.2. The standard InChI is InChI=1S/C33H42N2O3/c1-26-32(37-24-28-14-7-3-8-15-28)33(38-25-29-16-9-4-10-17-29)31(36-23-27-12-5-2-6-13-27)22-35(26)21-30-18-11-19-34-20-30/h2-10,12-17,26,30-34H,11,18-25H2,1H3/t26-,30-,31+,32-,33-/m1/s1. The fourth-order valence-corrected chi connectivity index (χ4v) is 5.74. The molecule has 5 heteroatoms. The molecule has 5 nitrogen and oxygen atoms in total. The molecule has 0 radical (unpaired) electrons. The second-order valence-electron chi connectivity index (χ2n) is 10.8. The Morgan fingerprint density at radius 2 is 1.24 bits per heavy atom. The molecule has 2 saturated heterocycles. The highest BCUT2D eigenvalue weighted by Crippen LogP contribution is 2.29. The molecular formula is C33H42N2O3. The average molecular weight is 515 g/mol. The van der Waals surface area contributed by atoms with Gasteiger partial charge in [-0.2, -0.15) is 0 Å². The number of likely N-dealkylation sites (tertiary alicyclic amines) is 1. The smallest absolute Gasteiger partial charge is 0.113 e. The summed E-state index contributed by atoms with van der Waals surface area (Å²) in [4.78, 5) is 2.59. The van der Waals surface area contributed by atoms with Crippen molar-refractivity contribution in [2.45, 2.75) is 63.9 Å². The minimum absolute atomic E-state index is 0.0903. The number of nitrogens with zero attached hydrogens (tertiary/aromatic N) is 1. The molecule has 1 N–H and O–H groups in total. The summed E-state index contributed by atoms with van der Waals surface area (Å²) in [7, 11) is 0. The van der Waals surface area contributed by atoms with E-state index in [1.807, 2.05) is 18.2 Å². The van der Waals surface area contributed by atoms with E-state index in [1.165, 1.54) is 29.5 Å². The van der Waals surface area contributed by atoms with E-state index in [0.717, 1.165) is 26.2 Å². The van der Waals surface area contributed by atoms with Crippen LogP contribution in [0.2, 0.25) is 0 Å².